The molecule has 2 amide bonds. The number of thiazole rings is 1. The highest BCUT2D eigenvalue weighted by Crippen LogP contribution is 2.41. The Bertz CT molecular complexity index is 685. The Morgan fingerprint density at radius 3 is 2.61 bits per heavy atom. The van der Waals surface area contributed by atoms with Crippen LogP contribution in [0.3, 0.4) is 0 Å². The van der Waals surface area contributed by atoms with E-state index in [4.69, 9.17) is 4.52 Å². The number of carbonyl (C=O) groups excluding carboxylic acids is 1. The summed E-state index contributed by atoms with van der Waals surface area (Å²) >= 11 is 1.69. The molecule has 6 nitrogen and oxygen atoms in total. The van der Waals surface area contributed by atoms with E-state index in [-0.39, 0.29) is 18.1 Å². The topological polar surface area (TPSA) is 80.0 Å². The van der Waals surface area contributed by atoms with Crippen LogP contribution in [0.2, 0.25) is 0 Å². The van der Waals surface area contributed by atoms with Crippen molar-refractivity contribution in [2.24, 2.45) is 0 Å². The molecule has 0 spiro atoms. The number of hydrogen-bond donors (Lipinski definition) is 2. The van der Waals surface area contributed by atoms with Crippen LogP contribution in [0.1, 0.15) is 72.4 Å². The molecule has 2 heterocycles. The maximum absolute atomic E-state index is 12.2. The fraction of sp³-hybridized carbons (Fsp3) is 0.562. The number of nitrogens with one attached hydrogen (secondary N) is 2. The molecule has 1 saturated carbocycles. The van der Waals surface area contributed by atoms with Crippen molar-refractivity contribution in [3.05, 3.63) is 33.1 Å². The first-order chi connectivity index (χ1) is 11.0. The number of aromatic nitrogens is 2. The summed E-state index contributed by atoms with van der Waals surface area (Å²) in [7, 11) is 0. The van der Waals surface area contributed by atoms with E-state index in [0.717, 1.165) is 22.7 Å². The van der Waals surface area contributed by atoms with Gasteiger partial charge in [-0.3, -0.25) is 0 Å². The quantitative estimate of drug-likeness (QED) is 0.873. The minimum absolute atomic E-state index is 0.115. The summed E-state index contributed by atoms with van der Waals surface area (Å²) in [5.41, 5.74) is 2.66. The molecular weight excluding hydrogens is 312 g/mol. The van der Waals surface area contributed by atoms with Gasteiger partial charge in [-0.15, -0.1) is 11.3 Å². The Balaban J connectivity index is 1.57. The predicted molar refractivity (Wildman–Crippen MR) is 88.6 cm³/mol. The zero-order valence-electron chi connectivity index (χ0n) is 13.8. The highest BCUT2D eigenvalue weighted by molar-refractivity contribution is 7.09. The smallest absolute Gasteiger partial charge is 0.315 e. The van der Waals surface area contributed by atoms with Crippen molar-refractivity contribution < 1.29 is 9.32 Å². The molecule has 0 bridgehead atoms. The summed E-state index contributed by atoms with van der Waals surface area (Å²) in [4.78, 5) is 16.8. The second kappa shape index (κ2) is 6.31. The average molecular weight is 334 g/mol. The van der Waals surface area contributed by atoms with Gasteiger partial charge in [0.05, 0.1) is 28.5 Å². The van der Waals surface area contributed by atoms with Gasteiger partial charge >= 0.3 is 6.03 Å². The van der Waals surface area contributed by atoms with E-state index < -0.39 is 0 Å². The van der Waals surface area contributed by atoms with Gasteiger partial charge in [-0.25, -0.2) is 9.78 Å². The van der Waals surface area contributed by atoms with Crippen molar-refractivity contribution in [3.8, 4) is 0 Å². The van der Waals surface area contributed by atoms with E-state index in [1.165, 1.54) is 17.8 Å². The molecule has 2 aromatic heterocycles. The molecule has 1 aliphatic carbocycles. The van der Waals surface area contributed by atoms with Crippen molar-refractivity contribution in [2.75, 3.05) is 0 Å². The summed E-state index contributed by atoms with van der Waals surface area (Å²) in [6, 6.07) is -0.493. The molecule has 3 rings (SSSR count). The molecule has 0 unspecified atom stereocenters. The SMILES string of the molecule is Cc1noc(C)c1[C@H](C)NC(=O)N[C@H](C)c1csc(C2CC2)n1. The molecule has 2 aromatic rings. The molecule has 2 N–H and O–H groups in total. The number of amides is 2. The van der Waals surface area contributed by atoms with Crippen LogP contribution in [0.25, 0.3) is 0 Å². The van der Waals surface area contributed by atoms with Gasteiger partial charge in [0, 0.05) is 16.9 Å². The summed E-state index contributed by atoms with van der Waals surface area (Å²) in [5, 5.41) is 13.0. The lowest BCUT2D eigenvalue weighted by Crippen LogP contribution is -2.38. The van der Waals surface area contributed by atoms with E-state index in [1.54, 1.807) is 11.3 Å². The molecular formula is C16H22N4O2S. The van der Waals surface area contributed by atoms with Crippen LogP contribution in [0.15, 0.2) is 9.90 Å². The van der Waals surface area contributed by atoms with Crippen molar-refractivity contribution in [3.63, 3.8) is 0 Å². The van der Waals surface area contributed by atoms with Crippen molar-refractivity contribution in [1.29, 1.82) is 0 Å². The maximum atomic E-state index is 12.2. The second-order valence-electron chi connectivity index (χ2n) is 6.18. The van der Waals surface area contributed by atoms with Gasteiger partial charge in [0.25, 0.3) is 0 Å². The Hall–Kier alpha value is -1.89. The third-order valence-electron chi connectivity index (χ3n) is 4.13. The largest absolute Gasteiger partial charge is 0.361 e. The molecule has 23 heavy (non-hydrogen) atoms. The van der Waals surface area contributed by atoms with Gasteiger partial charge in [-0.05, 0) is 40.5 Å². The zero-order valence-corrected chi connectivity index (χ0v) is 14.7. The first-order valence-electron chi connectivity index (χ1n) is 7.90. The molecule has 1 aliphatic rings. The van der Waals surface area contributed by atoms with E-state index in [1.807, 2.05) is 33.1 Å². The minimum Gasteiger partial charge on any atom is -0.361 e. The molecule has 124 valence electrons. The van der Waals surface area contributed by atoms with Crippen molar-refractivity contribution in [1.82, 2.24) is 20.8 Å². The fourth-order valence-corrected chi connectivity index (χ4v) is 3.79. The lowest BCUT2D eigenvalue weighted by molar-refractivity contribution is 0.234. The standard InChI is InChI=1S/C16H22N4O2S/c1-8(13-7-23-15(19-13)12-5-6-12)17-16(21)18-9(2)14-10(3)20-22-11(14)4/h7-9,12H,5-6H2,1-4H3,(H2,17,18,21)/t8-,9+/m1/s1. The first kappa shape index (κ1) is 16.0. The predicted octanol–water partition coefficient (Wildman–Crippen LogP) is 3.75. The molecule has 2 atom stereocenters. The Labute approximate surface area is 139 Å². The van der Waals surface area contributed by atoms with E-state index in [2.05, 4.69) is 20.8 Å². The van der Waals surface area contributed by atoms with Crippen LogP contribution in [0.5, 0.6) is 0 Å². The lowest BCUT2D eigenvalue weighted by Gasteiger charge is -2.17. The van der Waals surface area contributed by atoms with Crippen LogP contribution in [-0.2, 0) is 0 Å². The van der Waals surface area contributed by atoms with E-state index in [0.29, 0.717) is 5.92 Å². The zero-order chi connectivity index (χ0) is 16.6. The average Bonchev–Trinajstić information content (AvgIpc) is 3.11. The van der Waals surface area contributed by atoms with Crippen LogP contribution in [-0.4, -0.2) is 16.2 Å². The van der Waals surface area contributed by atoms with Crippen molar-refractivity contribution in [2.45, 2.75) is 58.5 Å². The lowest BCUT2D eigenvalue weighted by atomic mass is 10.1. The molecule has 0 saturated heterocycles. The highest BCUT2D eigenvalue weighted by atomic mass is 32.1. The monoisotopic (exact) mass is 334 g/mol. The molecule has 0 radical (unpaired) electrons. The molecule has 0 aromatic carbocycles. The third-order valence-corrected chi connectivity index (χ3v) is 5.15. The van der Waals surface area contributed by atoms with Gasteiger partial charge in [-0.1, -0.05) is 5.16 Å². The summed E-state index contributed by atoms with van der Waals surface area (Å²) in [6.07, 6.45) is 2.48. The maximum Gasteiger partial charge on any atom is 0.315 e. The number of rotatable bonds is 5. The minimum atomic E-state index is -0.217. The van der Waals surface area contributed by atoms with Gasteiger partial charge in [-0.2, -0.15) is 0 Å². The normalized spacial score (nSPS) is 16.9. The summed E-state index contributed by atoms with van der Waals surface area (Å²) in [6.45, 7) is 7.60. The summed E-state index contributed by atoms with van der Waals surface area (Å²) < 4.78 is 5.15. The van der Waals surface area contributed by atoms with Crippen LogP contribution >= 0.6 is 11.3 Å². The van der Waals surface area contributed by atoms with Gasteiger partial charge in [0.2, 0.25) is 0 Å². The van der Waals surface area contributed by atoms with Gasteiger partial charge in [0.1, 0.15) is 5.76 Å². The second-order valence-corrected chi connectivity index (χ2v) is 7.07. The van der Waals surface area contributed by atoms with Crippen LogP contribution in [0, 0.1) is 13.8 Å². The van der Waals surface area contributed by atoms with E-state index in [9.17, 15) is 4.79 Å². The number of aryl methyl sites for hydroxylation is 2. The number of hydrogen-bond acceptors (Lipinski definition) is 5. The number of nitrogens with zero attached hydrogens (tertiary/aromatic N) is 2. The molecule has 7 heteroatoms. The molecule has 1 fully saturated rings. The number of carbonyl (C=O) groups is 1. The third kappa shape index (κ3) is 3.55. The van der Waals surface area contributed by atoms with Crippen LogP contribution < -0.4 is 10.6 Å². The van der Waals surface area contributed by atoms with Gasteiger partial charge in [0.15, 0.2) is 0 Å². The Kier molecular flexibility index (Phi) is 4.39. The Morgan fingerprint density at radius 1 is 1.30 bits per heavy atom. The number of urea groups is 1. The van der Waals surface area contributed by atoms with E-state index >= 15 is 0 Å². The van der Waals surface area contributed by atoms with Gasteiger partial charge < -0.3 is 15.2 Å². The highest BCUT2D eigenvalue weighted by Gasteiger charge is 2.27. The Morgan fingerprint density at radius 2 is 2.00 bits per heavy atom. The van der Waals surface area contributed by atoms with Crippen LogP contribution in [0.4, 0.5) is 4.79 Å². The first-order valence-corrected chi connectivity index (χ1v) is 8.78. The summed E-state index contributed by atoms with van der Waals surface area (Å²) in [5.74, 6) is 1.38. The molecule has 0 aliphatic heterocycles. The fourth-order valence-electron chi connectivity index (χ4n) is 2.71. The van der Waals surface area contributed by atoms with Crippen molar-refractivity contribution >= 4 is 17.4 Å².